The fourth-order valence-corrected chi connectivity index (χ4v) is 2.55. The molecule has 2 aromatic carbocycles. The summed E-state index contributed by atoms with van der Waals surface area (Å²) in [4.78, 5) is 28.6. The Morgan fingerprint density at radius 3 is 2.31 bits per heavy atom. The predicted molar refractivity (Wildman–Crippen MR) is 101 cm³/mol. The van der Waals surface area contributed by atoms with Crippen molar-refractivity contribution in [3.05, 3.63) is 94.8 Å². The van der Waals surface area contributed by atoms with Crippen molar-refractivity contribution in [1.29, 1.82) is 0 Å². The lowest BCUT2D eigenvalue weighted by atomic mass is 10.1. The highest BCUT2D eigenvalue weighted by atomic mass is 35.5. The van der Waals surface area contributed by atoms with Crippen LogP contribution in [0.5, 0.6) is 0 Å². The Balaban J connectivity index is 1.67. The molecule has 0 aliphatic carbocycles. The van der Waals surface area contributed by atoms with Crippen LogP contribution in [0.15, 0.2) is 73.1 Å². The van der Waals surface area contributed by atoms with E-state index in [0.29, 0.717) is 28.4 Å². The number of amides is 2. The van der Waals surface area contributed by atoms with Gasteiger partial charge >= 0.3 is 0 Å². The Labute approximate surface area is 156 Å². The van der Waals surface area contributed by atoms with Crippen LogP contribution in [0.4, 0.5) is 5.69 Å². The molecular formula is C20H16ClN3O2. The van der Waals surface area contributed by atoms with Gasteiger partial charge in [-0.3, -0.25) is 14.6 Å². The molecule has 0 radical (unpaired) electrons. The van der Waals surface area contributed by atoms with Gasteiger partial charge in [-0.05, 0) is 54.1 Å². The van der Waals surface area contributed by atoms with E-state index in [2.05, 4.69) is 15.6 Å². The van der Waals surface area contributed by atoms with Gasteiger partial charge in [-0.25, -0.2) is 0 Å². The number of anilines is 1. The molecule has 0 bridgehead atoms. The smallest absolute Gasteiger partial charge is 0.255 e. The third-order valence-electron chi connectivity index (χ3n) is 3.67. The van der Waals surface area contributed by atoms with Crippen molar-refractivity contribution < 1.29 is 9.59 Å². The Morgan fingerprint density at radius 1 is 0.885 bits per heavy atom. The van der Waals surface area contributed by atoms with E-state index in [1.807, 2.05) is 12.1 Å². The SMILES string of the molecule is O=C(NCc1ccncc1)c1cccc(C(=O)Nc2cccc(Cl)c2)c1. The monoisotopic (exact) mass is 365 g/mol. The fraction of sp³-hybridized carbons (Fsp3) is 0.0500. The molecule has 6 heteroatoms. The number of rotatable bonds is 5. The van der Waals surface area contributed by atoms with Gasteiger partial charge < -0.3 is 10.6 Å². The predicted octanol–water partition coefficient (Wildman–Crippen LogP) is 3.92. The lowest BCUT2D eigenvalue weighted by Crippen LogP contribution is -2.23. The van der Waals surface area contributed by atoms with E-state index >= 15 is 0 Å². The first kappa shape index (κ1) is 17.6. The van der Waals surface area contributed by atoms with Crippen LogP contribution >= 0.6 is 11.6 Å². The van der Waals surface area contributed by atoms with Gasteiger partial charge in [0.2, 0.25) is 0 Å². The van der Waals surface area contributed by atoms with Gasteiger partial charge in [-0.1, -0.05) is 23.7 Å². The van der Waals surface area contributed by atoms with E-state index in [-0.39, 0.29) is 11.8 Å². The standard InChI is InChI=1S/C20H16ClN3O2/c21-17-5-2-6-18(12-17)24-20(26)16-4-1-3-15(11-16)19(25)23-13-14-7-9-22-10-8-14/h1-12H,13H2,(H,23,25)(H,24,26). The van der Waals surface area contributed by atoms with Crippen molar-refractivity contribution in [2.24, 2.45) is 0 Å². The van der Waals surface area contributed by atoms with Gasteiger partial charge in [0.1, 0.15) is 0 Å². The summed E-state index contributed by atoms with van der Waals surface area (Å²) < 4.78 is 0. The number of nitrogens with one attached hydrogen (secondary N) is 2. The summed E-state index contributed by atoms with van der Waals surface area (Å²) in [5.41, 5.74) is 2.34. The van der Waals surface area contributed by atoms with Crippen LogP contribution in [-0.4, -0.2) is 16.8 Å². The zero-order valence-corrected chi connectivity index (χ0v) is 14.5. The highest BCUT2D eigenvalue weighted by molar-refractivity contribution is 6.31. The maximum Gasteiger partial charge on any atom is 0.255 e. The zero-order valence-electron chi connectivity index (χ0n) is 13.8. The first-order chi connectivity index (χ1) is 12.6. The van der Waals surface area contributed by atoms with Gasteiger partial charge in [-0.2, -0.15) is 0 Å². The molecule has 0 fully saturated rings. The van der Waals surface area contributed by atoms with Crippen LogP contribution in [0.2, 0.25) is 5.02 Å². The second-order valence-electron chi connectivity index (χ2n) is 5.58. The molecule has 1 aromatic heterocycles. The number of hydrogen-bond donors (Lipinski definition) is 2. The number of benzene rings is 2. The molecule has 0 spiro atoms. The highest BCUT2D eigenvalue weighted by Gasteiger charge is 2.11. The molecule has 0 saturated heterocycles. The summed E-state index contributed by atoms with van der Waals surface area (Å²) in [7, 11) is 0. The molecule has 0 atom stereocenters. The molecule has 130 valence electrons. The second kappa shape index (κ2) is 8.27. The third kappa shape index (κ3) is 4.68. The number of nitrogens with zero attached hydrogens (tertiary/aromatic N) is 1. The van der Waals surface area contributed by atoms with Crippen molar-refractivity contribution in [1.82, 2.24) is 10.3 Å². The topological polar surface area (TPSA) is 71.1 Å². The maximum atomic E-state index is 12.4. The highest BCUT2D eigenvalue weighted by Crippen LogP contribution is 2.16. The van der Waals surface area contributed by atoms with Crippen molar-refractivity contribution in [2.45, 2.75) is 6.54 Å². The van der Waals surface area contributed by atoms with Crippen LogP contribution in [0.25, 0.3) is 0 Å². The van der Waals surface area contributed by atoms with E-state index in [0.717, 1.165) is 5.56 Å². The fourth-order valence-electron chi connectivity index (χ4n) is 2.36. The van der Waals surface area contributed by atoms with E-state index in [1.54, 1.807) is 60.9 Å². The molecule has 5 nitrogen and oxygen atoms in total. The minimum absolute atomic E-state index is 0.251. The Hall–Kier alpha value is -3.18. The van der Waals surface area contributed by atoms with E-state index in [9.17, 15) is 9.59 Å². The molecule has 0 unspecified atom stereocenters. The molecule has 26 heavy (non-hydrogen) atoms. The van der Waals surface area contributed by atoms with E-state index in [4.69, 9.17) is 11.6 Å². The largest absolute Gasteiger partial charge is 0.348 e. The maximum absolute atomic E-state index is 12.4. The lowest BCUT2D eigenvalue weighted by Gasteiger charge is -2.08. The van der Waals surface area contributed by atoms with Crippen LogP contribution in [0.1, 0.15) is 26.3 Å². The van der Waals surface area contributed by atoms with Crippen LogP contribution in [-0.2, 0) is 6.54 Å². The quantitative estimate of drug-likeness (QED) is 0.720. The minimum atomic E-state index is -0.309. The molecule has 2 amide bonds. The van der Waals surface area contributed by atoms with Crippen molar-refractivity contribution in [3.63, 3.8) is 0 Å². The summed E-state index contributed by atoms with van der Waals surface area (Å²) in [6.45, 7) is 0.389. The first-order valence-electron chi connectivity index (χ1n) is 7.96. The number of pyridine rings is 1. The number of aromatic nitrogens is 1. The summed E-state index contributed by atoms with van der Waals surface area (Å²) in [6.07, 6.45) is 3.34. The second-order valence-corrected chi connectivity index (χ2v) is 6.02. The number of carbonyl (C=O) groups is 2. The van der Waals surface area contributed by atoms with Crippen LogP contribution in [0.3, 0.4) is 0 Å². The molecule has 3 rings (SSSR count). The molecule has 0 aliphatic heterocycles. The van der Waals surface area contributed by atoms with Gasteiger partial charge in [0.05, 0.1) is 0 Å². The van der Waals surface area contributed by atoms with Gasteiger partial charge in [0.25, 0.3) is 11.8 Å². The molecule has 0 aliphatic rings. The number of halogens is 1. The van der Waals surface area contributed by atoms with Gasteiger partial charge in [0, 0.05) is 40.8 Å². The first-order valence-corrected chi connectivity index (χ1v) is 8.34. The summed E-state index contributed by atoms with van der Waals surface area (Å²) in [6, 6.07) is 17.1. The average molecular weight is 366 g/mol. The van der Waals surface area contributed by atoms with E-state index < -0.39 is 0 Å². The molecule has 2 N–H and O–H groups in total. The number of hydrogen-bond acceptors (Lipinski definition) is 3. The van der Waals surface area contributed by atoms with Crippen molar-refractivity contribution in [3.8, 4) is 0 Å². The van der Waals surface area contributed by atoms with Crippen LogP contribution in [0, 0.1) is 0 Å². The average Bonchev–Trinajstić information content (AvgIpc) is 2.67. The van der Waals surface area contributed by atoms with Gasteiger partial charge in [-0.15, -0.1) is 0 Å². The Morgan fingerprint density at radius 2 is 1.58 bits per heavy atom. The third-order valence-corrected chi connectivity index (χ3v) is 3.91. The normalized spacial score (nSPS) is 10.2. The van der Waals surface area contributed by atoms with Crippen molar-refractivity contribution >= 4 is 29.1 Å². The van der Waals surface area contributed by atoms with Crippen molar-refractivity contribution in [2.75, 3.05) is 5.32 Å². The summed E-state index contributed by atoms with van der Waals surface area (Å²) in [5.74, 6) is -0.560. The lowest BCUT2D eigenvalue weighted by molar-refractivity contribution is 0.0951. The summed E-state index contributed by atoms with van der Waals surface area (Å²) in [5, 5.41) is 6.12. The molecule has 0 saturated carbocycles. The molecule has 1 heterocycles. The Kier molecular flexibility index (Phi) is 5.61. The van der Waals surface area contributed by atoms with Gasteiger partial charge in [0.15, 0.2) is 0 Å². The summed E-state index contributed by atoms with van der Waals surface area (Å²) >= 11 is 5.92. The van der Waals surface area contributed by atoms with E-state index in [1.165, 1.54) is 0 Å². The molecular weight excluding hydrogens is 350 g/mol. The number of carbonyl (C=O) groups excluding carboxylic acids is 2. The molecule has 3 aromatic rings. The van der Waals surface area contributed by atoms with Crippen LogP contribution < -0.4 is 10.6 Å². The minimum Gasteiger partial charge on any atom is -0.348 e. The zero-order chi connectivity index (χ0) is 18.4. The Bertz CT molecular complexity index is 929.